The lowest BCUT2D eigenvalue weighted by Gasteiger charge is -2.31. The standard InChI is InChI=1S/C13H17BrFNO/c1-17-11-4-6-16(7-5-11)9-10-2-3-13(15)12(14)8-10/h2-3,8,11H,4-7,9H2,1H3. The lowest BCUT2D eigenvalue weighted by molar-refractivity contribution is 0.0388. The number of rotatable bonds is 3. The van der Waals surface area contributed by atoms with Gasteiger partial charge in [-0.3, -0.25) is 4.90 Å². The van der Waals surface area contributed by atoms with Gasteiger partial charge in [-0.1, -0.05) is 6.07 Å². The van der Waals surface area contributed by atoms with Crippen molar-refractivity contribution in [2.45, 2.75) is 25.5 Å². The van der Waals surface area contributed by atoms with Crippen molar-refractivity contribution in [3.63, 3.8) is 0 Å². The molecule has 0 atom stereocenters. The molecule has 1 aromatic rings. The molecular formula is C13H17BrFNO. The number of nitrogens with zero attached hydrogens (tertiary/aromatic N) is 1. The van der Waals surface area contributed by atoms with Crippen LogP contribution in [0.3, 0.4) is 0 Å². The van der Waals surface area contributed by atoms with Gasteiger partial charge in [0.05, 0.1) is 10.6 Å². The molecule has 2 nitrogen and oxygen atoms in total. The molecule has 2 rings (SSSR count). The molecule has 0 radical (unpaired) electrons. The molecule has 0 aliphatic carbocycles. The van der Waals surface area contributed by atoms with E-state index in [1.54, 1.807) is 7.11 Å². The fraction of sp³-hybridized carbons (Fsp3) is 0.538. The van der Waals surface area contributed by atoms with Crippen molar-refractivity contribution in [1.82, 2.24) is 4.90 Å². The molecule has 1 heterocycles. The second-order valence-electron chi connectivity index (χ2n) is 4.46. The molecule has 94 valence electrons. The second-order valence-corrected chi connectivity index (χ2v) is 5.31. The van der Waals surface area contributed by atoms with Gasteiger partial charge < -0.3 is 4.74 Å². The van der Waals surface area contributed by atoms with Crippen molar-refractivity contribution in [2.75, 3.05) is 20.2 Å². The Hall–Kier alpha value is -0.450. The normalized spacial score (nSPS) is 18.5. The zero-order valence-electron chi connectivity index (χ0n) is 9.96. The van der Waals surface area contributed by atoms with Crippen LogP contribution in [0.4, 0.5) is 4.39 Å². The summed E-state index contributed by atoms with van der Waals surface area (Å²) in [6, 6.07) is 5.22. The summed E-state index contributed by atoms with van der Waals surface area (Å²) < 4.78 is 19.0. The first-order chi connectivity index (χ1) is 8.19. The third-order valence-corrected chi connectivity index (χ3v) is 3.87. The van der Waals surface area contributed by atoms with Crippen LogP contribution in [0.5, 0.6) is 0 Å². The number of piperidine rings is 1. The van der Waals surface area contributed by atoms with Crippen LogP contribution >= 0.6 is 15.9 Å². The van der Waals surface area contributed by atoms with Gasteiger partial charge in [-0.05, 0) is 46.5 Å². The summed E-state index contributed by atoms with van der Waals surface area (Å²) >= 11 is 3.22. The number of halogens is 2. The van der Waals surface area contributed by atoms with Crippen LogP contribution in [0, 0.1) is 5.82 Å². The van der Waals surface area contributed by atoms with Gasteiger partial charge in [-0.15, -0.1) is 0 Å². The predicted octanol–water partition coefficient (Wildman–Crippen LogP) is 3.20. The van der Waals surface area contributed by atoms with E-state index in [2.05, 4.69) is 20.8 Å². The lowest BCUT2D eigenvalue weighted by Crippen LogP contribution is -2.36. The van der Waals surface area contributed by atoms with Crippen molar-refractivity contribution in [3.8, 4) is 0 Å². The van der Waals surface area contributed by atoms with Crippen molar-refractivity contribution in [3.05, 3.63) is 34.1 Å². The summed E-state index contributed by atoms with van der Waals surface area (Å²) in [5.41, 5.74) is 1.15. The summed E-state index contributed by atoms with van der Waals surface area (Å²) in [6.45, 7) is 2.98. The van der Waals surface area contributed by atoms with Crippen molar-refractivity contribution in [1.29, 1.82) is 0 Å². The molecule has 0 spiro atoms. The minimum atomic E-state index is -0.202. The van der Waals surface area contributed by atoms with Crippen LogP contribution in [-0.4, -0.2) is 31.2 Å². The van der Waals surface area contributed by atoms with Gasteiger partial charge in [0.25, 0.3) is 0 Å². The number of methoxy groups -OCH3 is 1. The third kappa shape index (κ3) is 3.50. The van der Waals surface area contributed by atoms with E-state index >= 15 is 0 Å². The molecule has 1 aliphatic heterocycles. The average molecular weight is 302 g/mol. The Morgan fingerprint density at radius 1 is 1.41 bits per heavy atom. The van der Waals surface area contributed by atoms with Crippen LogP contribution in [0.2, 0.25) is 0 Å². The molecule has 4 heteroatoms. The van der Waals surface area contributed by atoms with E-state index in [4.69, 9.17) is 4.74 Å². The Bertz CT molecular complexity index is 378. The van der Waals surface area contributed by atoms with Crippen molar-refractivity contribution < 1.29 is 9.13 Å². The van der Waals surface area contributed by atoms with E-state index in [0.29, 0.717) is 10.6 Å². The highest BCUT2D eigenvalue weighted by Crippen LogP contribution is 2.20. The largest absolute Gasteiger partial charge is 0.381 e. The summed E-state index contributed by atoms with van der Waals surface area (Å²) in [5, 5.41) is 0. The van der Waals surface area contributed by atoms with Crippen molar-refractivity contribution >= 4 is 15.9 Å². The van der Waals surface area contributed by atoms with Crippen LogP contribution < -0.4 is 0 Å². The van der Waals surface area contributed by atoms with Gasteiger partial charge in [0.2, 0.25) is 0 Å². The van der Waals surface area contributed by atoms with Gasteiger partial charge in [0, 0.05) is 26.7 Å². The van der Waals surface area contributed by atoms with E-state index in [9.17, 15) is 4.39 Å². The molecule has 1 aromatic carbocycles. The lowest BCUT2D eigenvalue weighted by atomic mass is 10.1. The molecule has 17 heavy (non-hydrogen) atoms. The number of hydrogen-bond donors (Lipinski definition) is 0. The Morgan fingerprint density at radius 2 is 2.12 bits per heavy atom. The molecule has 1 fully saturated rings. The van der Waals surface area contributed by atoms with Gasteiger partial charge in [-0.25, -0.2) is 4.39 Å². The topological polar surface area (TPSA) is 12.5 Å². The smallest absolute Gasteiger partial charge is 0.137 e. The molecule has 0 N–H and O–H groups in total. The van der Waals surface area contributed by atoms with Gasteiger partial charge in [-0.2, -0.15) is 0 Å². The number of hydrogen-bond acceptors (Lipinski definition) is 2. The predicted molar refractivity (Wildman–Crippen MR) is 69.4 cm³/mol. The minimum absolute atomic E-state index is 0.202. The molecule has 0 aromatic heterocycles. The quantitative estimate of drug-likeness (QED) is 0.850. The third-order valence-electron chi connectivity index (χ3n) is 3.26. The molecule has 0 bridgehead atoms. The number of benzene rings is 1. The maximum Gasteiger partial charge on any atom is 0.137 e. The summed E-state index contributed by atoms with van der Waals surface area (Å²) in [5.74, 6) is -0.202. The maximum absolute atomic E-state index is 13.1. The molecular weight excluding hydrogens is 285 g/mol. The minimum Gasteiger partial charge on any atom is -0.381 e. The van der Waals surface area contributed by atoms with Crippen LogP contribution in [0.15, 0.2) is 22.7 Å². The van der Waals surface area contributed by atoms with E-state index in [1.807, 2.05) is 12.1 Å². The van der Waals surface area contributed by atoms with Crippen LogP contribution in [0.1, 0.15) is 18.4 Å². The number of ether oxygens (including phenoxy) is 1. The molecule has 1 saturated heterocycles. The van der Waals surface area contributed by atoms with E-state index < -0.39 is 0 Å². The Labute approximate surface area is 110 Å². The van der Waals surface area contributed by atoms with Gasteiger partial charge in [0.1, 0.15) is 5.82 Å². The molecule has 0 unspecified atom stereocenters. The summed E-state index contributed by atoms with van der Waals surface area (Å²) in [6.07, 6.45) is 2.57. The molecule has 0 amide bonds. The zero-order valence-corrected chi connectivity index (χ0v) is 11.5. The first-order valence-electron chi connectivity index (χ1n) is 5.88. The fourth-order valence-corrected chi connectivity index (χ4v) is 2.63. The van der Waals surface area contributed by atoms with Crippen LogP contribution in [0.25, 0.3) is 0 Å². The molecule has 0 saturated carbocycles. The average Bonchev–Trinajstić information content (AvgIpc) is 2.35. The van der Waals surface area contributed by atoms with E-state index in [0.717, 1.165) is 38.0 Å². The molecule has 1 aliphatic rings. The first-order valence-corrected chi connectivity index (χ1v) is 6.67. The highest BCUT2D eigenvalue weighted by molar-refractivity contribution is 9.10. The van der Waals surface area contributed by atoms with Gasteiger partial charge in [0.15, 0.2) is 0 Å². The van der Waals surface area contributed by atoms with Gasteiger partial charge >= 0.3 is 0 Å². The Balaban J connectivity index is 1.91. The van der Waals surface area contributed by atoms with E-state index in [1.165, 1.54) is 6.07 Å². The summed E-state index contributed by atoms with van der Waals surface area (Å²) in [7, 11) is 1.78. The first kappa shape index (κ1) is 13.0. The SMILES string of the molecule is COC1CCN(Cc2ccc(F)c(Br)c2)CC1. The van der Waals surface area contributed by atoms with Crippen LogP contribution in [-0.2, 0) is 11.3 Å². The fourth-order valence-electron chi connectivity index (χ4n) is 2.20. The second kappa shape index (κ2) is 5.94. The Kier molecular flexibility index (Phi) is 4.54. The summed E-state index contributed by atoms with van der Waals surface area (Å²) in [4.78, 5) is 2.38. The Morgan fingerprint density at radius 3 is 2.71 bits per heavy atom. The monoisotopic (exact) mass is 301 g/mol. The maximum atomic E-state index is 13.1. The number of likely N-dealkylation sites (tertiary alicyclic amines) is 1. The zero-order chi connectivity index (χ0) is 12.3. The van der Waals surface area contributed by atoms with E-state index in [-0.39, 0.29) is 5.82 Å². The highest BCUT2D eigenvalue weighted by atomic mass is 79.9. The highest BCUT2D eigenvalue weighted by Gasteiger charge is 2.18. The van der Waals surface area contributed by atoms with Crippen molar-refractivity contribution in [2.24, 2.45) is 0 Å².